The molecule has 0 heterocycles. The molecule has 0 fully saturated rings. The Labute approximate surface area is 86.2 Å². The number of amides is 1. The fourth-order valence-corrected chi connectivity index (χ4v) is 1.72. The van der Waals surface area contributed by atoms with E-state index in [-0.39, 0.29) is 5.92 Å². The van der Waals surface area contributed by atoms with E-state index in [0.29, 0.717) is 5.91 Å². The van der Waals surface area contributed by atoms with Crippen molar-refractivity contribution in [1.29, 1.82) is 0 Å². The molecule has 0 saturated carbocycles. The predicted octanol–water partition coefficient (Wildman–Crippen LogP) is 1.02. The molecule has 0 aliphatic heterocycles. The topological polar surface area (TPSA) is 32.3 Å². The molecular formula is C11H20N2O. The molecule has 0 spiro atoms. The lowest BCUT2D eigenvalue weighted by atomic mass is 9.93. The molecule has 0 radical (unpaired) electrons. The highest BCUT2D eigenvalue weighted by Crippen LogP contribution is 2.19. The molecule has 14 heavy (non-hydrogen) atoms. The smallest absolute Gasteiger partial charge is 0.225 e. The highest BCUT2D eigenvalue weighted by molar-refractivity contribution is 5.78. The van der Waals surface area contributed by atoms with Crippen LogP contribution in [0.4, 0.5) is 0 Å². The van der Waals surface area contributed by atoms with Gasteiger partial charge in [-0.3, -0.25) is 4.79 Å². The third-order valence-electron chi connectivity index (χ3n) is 2.69. The molecule has 1 atom stereocenters. The Balaban J connectivity index is 2.35. The fourth-order valence-electron chi connectivity index (χ4n) is 1.72. The summed E-state index contributed by atoms with van der Waals surface area (Å²) >= 11 is 0. The predicted molar refractivity (Wildman–Crippen MR) is 58.0 cm³/mol. The van der Waals surface area contributed by atoms with Crippen LogP contribution in [0.15, 0.2) is 12.2 Å². The first-order valence-corrected chi connectivity index (χ1v) is 5.30. The maximum Gasteiger partial charge on any atom is 0.225 e. The number of carbonyl (C=O) groups excluding carboxylic acids is 1. The maximum atomic E-state index is 11.9. The summed E-state index contributed by atoms with van der Waals surface area (Å²) < 4.78 is 0. The van der Waals surface area contributed by atoms with Gasteiger partial charge >= 0.3 is 0 Å². The van der Waals surface area contributed by atoms with Gasteiger partial charge in [-0.15, -0.1) is 0 Å². The van der Waals surface area contributed by atoms with Crippen molar-refractivity contribution in [3.63, 3.8) is 0 Å². The molecule has 0 bridgehead atoms. The van der Waals surface area contributed by atoms with Gasteiger partial charge in [0, 0.05) is 26.1 Å². The second-order valence-electron chi connectivity index (χ2n) is 3.84. The highest BCUT2D eigenvalue weighted by Gasteiger charge is 2.21. The fraction of sp³-hybridized carbons (Fsp3) is 0.727. The van der Waals surface area contributed by atoms with E-state index in [9.17, 15) is 4.79 Å². The minimum atomic E-state index is 0.224. The van der Waals surface area contributed by atoms with Gasteiger partial charge in [0.1, 0.15) is 0 Å². The van der Waals surface area contributed by atoms with E-state index in [1.54, 1.807) is 0 Å². The molecule has 0 aromatic carbocycles. The molecular weight excluding hydrogens is 176 g/mol. The summed E-state index contributed by atoms with van der Waals surface area (Å²) in [6.45, 7) is 1.67. The number of allylic oxidation sites excluding steroid dienone is 2. The lowest BCUT2D eigenvalue weighted by molar-refractivity contribution is -0.134. The molecule has 1 rings (SSSR count). The van der Waals surface area contributed by atoms with E-state index in [2.05, 4.69) is 17.5 Å². The molecule has 1 aliphatic rings. The summed E-state index contributed by atoms with van der Waals surface area (Å²) in [5, 5.41) is 3.05. The van der Waals surface area contributed by atoms with Crippen molar-refractivity contribution in [2.75, 3.05) is 27.2 Å². The van der Waals surface area contributed by atoms with Gasteiger partial charge in [-0.25, -0.2) is 0 Å². The van der Waals surface area contributed by atoms with E-state index < -0.39 is 0 Å². The van der Waals surface area contributed by atoms with Crippen LogP contribution in [-0.4, -0.2) is 38.0 Å². The van der Waals surface area contributed by atoms with Crippen molar-refractivity contribution in [3.05, 3.63) is 12.2 Å². The van der Waals surface area contributed by atoms with Gasteiger partial charge in [0.05, 0.1) is 0 Å². The third kappa shape index (κ3) is 3.14. The summed E-state index contributed by atoms with van der Waals surface area (Å²) in [6.07, 6.45) is 7.27. The zero-order chi connectivity index (χ0) is 10.4. The van der Waals surface area contributed by atoms with Gasteiger partial charge in [0.2, 0.25) is 5.91 Å². The monoisotopic (exact) mass is 196 g/mol. The maximum absolute atomic E-state index is 11.9. The first kappa shape index (κ1) is 11.2. The van der Waals surface area contributed by atoms with Crippen molar-refractivity contribution in [3.8, 4) is 0 Å². The van der Waals surface area contributed by atoms with Gasteiger partial charge in [0.25, 0.3) is 0 Å². The van der Waals surface area contributed by atoms with Crippen molar-refractivity contribution in [2.45, 2.75) is 19.3 Å². The number of rotatable bonds is 4. The summed E-state index contributed by atoms with van der Waals surface area (Å²) in [6, 6.07) is 0. The number of likely N-dealkylation sites (N-methyl/N-ethyl adjacent to an activating group) is 2. The minimum absolute atomic E-state index is 0.224. The van der Waals surface area contributed by atoms with Gasteiger partial charge in [-0.2, -0.15) is 0 Å². The van der Waals surface area contributed by atoms with Crippen molar-refractivity contribution in [2.24, 2.45) is 5.92 Å². The average molecular weight is 196 g/mol. The number of hydrogen-bond acceptors (Lipinski definition) is 2. The van der Waals surface area contributed by atoms with Crippen LogP contribution in [0.5, 0.6) is 0 Å². The van der Waals surface area contributed by atoms with Gasteiger partial charge < -0.3 is 10.2 Å². The van der Waals surface area contributed by atoms with Gasteiger partial charge in [0.15, 0.2) is 0 Å². The van der Waals surface area contributed by atoms with Crippen molar-refractivity contribution >= 4 is 5.91 Å². The molecule has 1 aliphatic carbocycles. The minimum Gasteiger partial charge on any atom is -0.344 e. The average Bonchev–Trinajstić information content (AvgIpc) is 2.26. The van der Waals surface area contributed by atoms with Crippen molar-refractivity contribution in [1.82, 2.24) is 10.2 Å². The third-order valence-corrected chi connectivity index (χ3v) is 2.69. The van der Waals surface area contributed by atoms with Crippen LogP contribution in [0.1, 0.15) is 19.3 Å². The van der Waals surface area contributed by atoms with Crippen LogP contribution in [0.2, 0.25) is 0 Å². The highest BCUT2D eigenvalue weighted by atomic mass is 16.2. The second kappa shape index (κ2) is 5.81. The van der Waals surface area contributed by atoms with E-state index in [0.717, 1.165) is 32.4 Å². The molecule has 3 heteroatoms. The standard InChI is InChI=1S/C11H20N2O/c1-12-8-9-13(2)11(14)10-6-4-3-5-7-10/h3-4,10,12H,5-9H2,1-2H3. The molecule has 0 aromatic rings. The normalized spacial score (nSPS) is 20.9. The van der Waals surface area contributed by atoms with Crippen LogP contribution in [0.3, 0.4) is 0 Å². The molecule has 0 aromatic heterocycles. The molecule has 80 valence electrons. The van der Waals surface area contributed by atoms with E-state index in [4.69, 9.17) is 0 Å². The quantitative estimate of drug-likeness (QED) is 0.681. The number of nitrogens with zero attached hydrogens (tertiary/aromatic N) is 1. The zero-order valence-electron chi connectivity index (χ0n) is 9.12. The Bertz CT molecular complexity index is 213. The Hall–Kier alpha value is -0.830. The zero-order valence-corrected chi connectivity index (χ0v) is 9.12. The molecule has 1 amide bonds. The first-order valence-electron chi connectivity index (χ1n) is 5.30. The van der Waals surface area contributed by atoms with Crippen LogP contribution < -0.4 is 5.32 Å². The van der Waals surface area contributed by atoms with Crippen LogP contribution >= 0.6 is 0 Å². The molecule has 3 nitrogen and oxygen atoms in total. The Morgan fingerprint density at radius 2 is 2.36 bits per heavy atom. The largest absolute Gasteiger partial charge is 0.344 e. The SMILES string of the molecule is CNCCN(C)C(=O)C1CC=CCC1. The molecule has 1 N–H and O–H groups in total. The summed E-state index contributed by atoms with van der Waals surface area (Å²) in [5.41, 5.74) is 0. The van der Waals surface area contributed by atoms with Crippen LogP contribution in [0, 0.1) is 5.92 Å². The Morgan fingerprint density at radius 3 is 2.93 bits per heavy atom. The van der Waals surface area contributed by atoms with E-state index in [1.807, 2.05) is 19.0 Å². The Kier molecular flexibility index (Phi) is 4.66. The molecule has 0 saturated heterocycles. The second-order valence-corrected chi connectivity index (χ2v) is 3.84. The van der Waals surface area contributed by atoms with Gasteiger partial charge in [-0.05, 0) is 26.3 Å². The number of hydrogen-bond donors (Lipinski definition) is 1. The summed E-state index contributed by atoms with van der Waals surface area (Å²) in [5.74, 6) is 0.520. The van der Waals surface area contributed by atoms with Crippen molar-refractivity contribution < 1.29 is 4.79 Å². The Morgan fingerprint density at radius 1 is 1.57 bits per heavy atom. The number of nitrogens with one attached hydrogen (secondary N) is 1. The van der Waals surface area contributed by atoms with Crippen LogP contribution in [-0.2, 0) is 4.79 Å². The van der Waals surface area contributed by atoms with Crippen LogP contribution in [0.25, 0.3) is 0 Å². The van der Waals surface area contributed by atoms with Gasteiger partial charge in [-0.1, -0.05) is 12.2 Å². The van der Waals surface area contributed by atoms with E-state index in [1.165, 1.54) is 0 Å². The lowest BCUT2D eigenvalue weighted by Crippen LogP contribution is -2.37. The summed E-state index contributed by atoms with van der Waals surface area (Å²) in [7, 11) is 3.79. The van der Waals surface area contributed by atoms with E-state index >= 15 is 0 Å². The lowest BCUT2D eigenvalue weighted by Gasteiger charge is -2.24. The first-order chi connectivity index (χ1) is 6.75. The number of carbonyl (C=O) groups is 1. The molecule has 1 unspecified atom stereocenters. The summed E-state index contributed by atoms with van der Waals surface area (Å²) in [4.78, 5) is 13.7.